The third-order valence-corrected chi connectivity index (χ3v) is 2.39. The van der Waals surface area contributed by atoms with Gasteiger partial charge in [-0.2, -0.15) is 10.4 Å². The van der Waals surface area contributed by atoms with Crippen molar-refractivity contribution in [2.45, 2.75) is 26.2 Å². The van der Waals surface area contributed by atoms with Crippen molar-refractivity contribution in [1.82, 2.24) is 0 Å². The number of hydrogen-bond acceptors (Lipinski definition) is 4. The molecule has 5 nitrogen and oxygen atoms in total. The highest BCUT2D eigenvalue weighted by Crippen LogP contribution is 2.23. The first-order valence-corrected chi connectivity index (χ1v) is 5.48. The van der Waals surface area contributed by atoms with Crippen LogP contribution in [0, 0.1) is 11.3 Å². The smallest absolute Gasteiger partial charge is 0.280 e. The molecule has 0 saturated carbocycles. The largest absolute Gasteiger partial charge is 0.364 e. The number of hydrogen-bond donors (Lipinski definition) is 2. The predicted octanol–water partition coefficient (Wildman–Crippen LogP) is 1.76. The third-order valence-electron chi connectivity index (χ3n) is 2.39. The van der Waals surface area contributed by atoms with E-state index in [-0.39, 0.29) is 11.1 Å². The van der Waals surface area contributed by atoms with E-state index in [1.54, 1.807) is 6.07 Å². The molecule has 1 aromatic rings. The van der Waals surface area contributed by atoms with E-state index in [2.05, 4.69) is 31.3 Å². The molecule has 0 aliphatic carbocycles. The highest BCUT2D eigenvalue weighted by atomic mass is 16.1. The number of rotatable bonds is 3. The predicted molar refractivity (Wildman–Crippen MR) is 71.0 cm³/mol. The van der Waals surface area contributed by atoms with Gasteiger partial charge in [-0.25, -0.2) is 0 Å². The molecule has 5 heteroatoms. The van der Waals surface area contributed by atoms with Gasteiger partial charge in [-0.05, 0) is 23.1 Å². The molecule has 0 aliphatic rings. The molecule has 0 atom stereocenters. The van der Waals surface area contributed by atoms with E-state index in [0.717, 1.165) is 0 Å². The fourth-order valence-corrected chi connectivity index (χ4v) is 1.30. The average Bonchev–Trinajstić information content (AvgIpc) is 2.29. The lowest BCUT2D eigenvalue weighted by Gasteiger charge is -2.18. The number of hydrazone groups is 1. The zero-order valence-electron chi connectivity index (χ0n) is 10.7. The van der Waals surface area contributed by atoms with Crippen LogP contribution in [0.2, 0.25) is 0 Å². The van der Waals surface area contributed by atoms with Gasteiger partial charge in [-0.15, -0.1) is 0 Å². The standard InChI is InChI=1S/C13H16N4O/c1-13(2,3)9-4-6-10(7-5-9)16-17-11(8-14)12(15)18/h4-7,16H,1-3H3,(H2,15,18). The summed E-state index contributed by atoms with van der Waals surface area (Å²) < 4.78 is 0. The molecule has 0 aliphatic heterocycles. The molecular formula is C13H16N4O. The molecule has 0 heterocycles. The van der Waals surface area contributed by atoms with Crippen LogP contribution >= 0.6 is 0 Å². The van der Waals surface area contributed by atoms with Crippen LogP contribution in [-0.4, -0.2) is 11.6 Å². The molecule has 0 spiro atoms. The van der Waals surface area contributed by atoms with Gasteiger partial charge >= 0.3 is 0 Å². The summed E-state index contributed by atoms with van der Waals surface area (Å²) in [5.41, 5.74) is 9.18. The van der Waals surface area contributed by atoms with Crippen LogP contribution in [0.3, 0.4) is 0 Å². The Bertz CT molecular complexity index is 503. The van der Waals surface area contributed by atoms with Crippen LogP contribution in [0.5, 0.6) is 0 Å². The molecule has 94 valence electrons. The highest BCUT2D eigenvalue weighted by molar-refractivity contribution is 6.44. The SMILES string of the molecule is CC(C)(C)c1ccc(NN=C(C#N)C(N)=O)cc1. The van der Waals surface area contributed by atoms with E-state index >= 15 is 0 Å². The molecule has 1 aromatic carbocycles. The van der Waals surface area contributed by atoms with Gasteiger partial charge in [0.25, 0.3) is 5.91 Å². The first kappa shape index (κ1) is 13.7. The van der Waals surface area contributed by atoms with E-state index in [1.807, 2.05) is 24.3 Å². The quantitative estimate of drug-likeness (QED) is 0.627. The van der Waals surface area contributed by atoms with Gasteiger partial charge in [0.05, 0.1) is 5.69 Å². The van der Waals surface area contributed by atoms with Crippen LogP contribution in [0.1, 0.15) is 26.3 Å². The molecule has 0 fully saturated rings. The van der Waals surface area contributed by atoms with E-state index in [4.69, 9.17) is 11.0 Å². The summed E-state index contributed by atoms with van der Waals surface area (Å²) in [7, 11) is 0. The normalized spacial score (nSPS) is 11.8. The van der Waals surface area contributed by atoms with Gasteiger partial charge in [0.2, 0.25) is 5.71 Å². The van der Waals surface area contributed by atoms with E-state index < -0.39 is 5.91 Å². The Morgan fingerprint density at radius 1 is 1.33 bits per heavy atom. The number of nitrogens with two attached hydrogens (primary N) is 1. The van der Waals surface area contributed by atoms with Crippen molar-refractivity contribution in [3.05, 3.63) is 29.8 Å². The van der Waals surface area contributed by atoms with Crippen molar-refractivity contribution in [1.29, 1.82) is 5.26 Å². The molecule has 0 aromatic heterocycles. The van der Waals surface area contributed by atoms with Crippen LogP contribution in [0.15, 0.2) is 29.4 Å². The van der Waals surface area contributed by atoms with Crippen molar-refractivity contribution >= 4 is 17.3 Å². The number of carbonyl (C=O) groups excluding carboxylic acids is 1. The summed E-state index contributed by atoms with van der Waals surface area (Å²) in [4.78, 5) is 10.8. The molecule has 1 rings (SSSR count). The number of nitrogens with zero attached hydrogens (tertiary/aromatic N) is 2. The minimum atomic E-state index is -0.851. The first-order chi connectivity index (χ1) is 8.34. The van der Waals surface area contributed by atoms with Crippen molar-refractivity contribution in [2.24, 2.45) is 10.8 Å². The van der Waals surface area contributed by atoms with Crippen LogP contribution < -0.4 is 11.2 Å². The second-order valence-electron chi connectivity index (χ2n) is 4.88. The second kappa shape index (κ2) is 5.32. The monoisotopic (exact) mass is 244 g/mol. The molecule has 0 saturated heterocycles. The maximum Gasteiger partial charge on any atom is 0.280 e. The Labute approximate surface area is 106 Å². The Hall–Kier alpha value is -2.35. The number of benzene rings is 1. The summed E-state index contributed by atoms with van der Waals surface area (Å²) in [6.45, 7) is 6.36. The van der Waals surface area contributed by atoms with Gasteiger partial charge in [0.15, 0.2) is 0 Å². The van der Waals surface area contributed by atoms with E-state index in [1.165, 1.54) is 5.56 Å². The summed E-state index contributed by atoms with van der Waals surface area (Å²) in [6, 6.07) is 9.22. The van der Waals surface area contributed by atoms with Crippen LogP contribution in [0.25, 0.3) is 0 Å². The van der Waals surface area contributed by atoms with Gasteiger partial charge in [-0.3, -0.25) is 10.2 Å². The van der Waals surface area contributed by atoms with E-state index in [9.17, 15) is 4.79 Å². The van der Waals surface area contributed by atoms with Crippen molar-refractivity contribution < 1.29 is 4.79 Å². The van der Waals surface area contributed by atoms with Crippen molar-refractivity contribution in [3.8, 4) is 6.07 Å². The lowest BCUT2D eigenvalue weighted by molar-refractivity contribution is -0.111. The average molecular weight is 244 g/mol. The molecule has 0 bridgehead atoms. The summed E-state index contributed by atoms with van der Waals surface area (Å²) >= 11 is 0. The van der Waals surface area contributed by atoms with Crippen molar-refractivity contribution in [2.75, 3.05) is 5.43 Å². The molecule has 1 amide bonds. The molecule has 0 radical (unpaired) electrons. The van der Waals surface area contributed by atoms with Crippen molar-refractivity contribution in [3.63, 3.8) is 0 Å². The zero-order valence-corrected chi connectivity index (χ0v) is 10.7. The third kappa shape index (κ3) is 3.59. The summed E-state index contributed by atoms with van der Waals surface area (Å²) in [6.07, 6.45) is 0. The lowest BCUT2D eigenvalue weighted by Crippen LogP contribution is -2.22. The number of anilines is 1. The second-order valence-corrected chi connectivity index (χ2v) is 4.88. The lowest BCUT2D eigenvalue weighted by atomic mass is 9.87. The van der Waals surface area contributed by atoms with Gasteiger partial charge < -0.3 is 5.73 Å². The Morgan fingerprint density at radius 3 is 2.28 bits per heavy atom. The number of nitriles is 1. The number of nitrogens with one attached hydrogen (secondary N) is 1. The molecule has 0 unspecified atom stereocenters. The van der Waals surface area contributed by atoms with E-state index in [0.29, 0.717) is 5.69 Å². The minimum Gasteiger partial charge on any atom is -0.364 e. The highest BCUT2D eigenvalue weighted by Gasteiger charge is 2.12. The number of primary amides is 1. The molecule has 3 N–H and O–H groups in total. The Morgan fingerprint density at radius 2 is 1.89 bits per heavy atom. The fourth-order valence-electron chi connectivity index (χ4n) is 1.30. The first-order valence-electron chi connectivity index (χ1n) is 5.48. The van der Waals surface area contributed by atoms with Gasteiger partial charge in [-0.1, -0.05) is 32.9 Å². The minimum absolute atomic E-state index is 0.0762. The Balaban J connectivity index is 2.83. The zero-order chi connectivity index (χ0) is 13.8. The molecular weight excluding hydrogens is 228 g/mol. The van der Waals surface area contributed by atoms with Gasteiger partial charge in [0.1, 0.15) is 6.07 Å². The maximum absolute atomic E-state index is 10.8. The summed E-state index contributed by atoms with van der Waals surface area (Å²) in [5.74, 6) is -0.851. The topological polar surface area (TPSA) is 91.3 Å². The number of amides is 1. The number of carbonyl (C=O) groups is 1. The fraction of sp³-hybridized carbons (Fsp3) is 0.308. The summed E-state index contributed by atoms with van der Waals surface area (Å²) in [5, 5.41) is 12.2. The molecule has 18 heavy (non-hydrogen) atoms. The Kier molecular flexibility index (Phi) is 4.05. The van der Waals surface area contributed by atoms with Gasteiger partial charge in [0, 0.05) is 0 Å². The van der Waals surface area contributed by atoms with Crippen LogP contribution in [0.4, 0.5) is 5.69 Å². The maximum atomic E-state index is 10.8. The van der Waals surface area contributed by atoms with Crippen LogP contribution in [-0.2, 0) is 10.2 Å².